The van der Waals surface area contributed by atoms with Crippen molar-refractivity contribution in [1.82, 2.24) is 9.80 Å². The second-order valence-corrected chi connectivity index (χ2v) is 7.12. The lowest BCUT2D eigenvalue weighted by molar-refractivity contribution is -0.133. The molecule has 0 rings (SSSR count). The van der Waals surface area contributed by atoms with E-state index in [-0.39, 0.29) is 17.9 Å². The van der Waals surface area contributed by atoms with Gasteiger partial charge in [-0.15, -0.1) is 0 Å². The third-order valence-corrected chi connectivity index (χ3v) is 4.13. The van der Waals surface area contributed by atoms with Crippen LogP contribution in [0.3, 0.4) is 0 Å². The molecule has 0 aliphatic carbocycles. The number of rotatable bonds is 10. The molecule has 1 atom stereocenters. The summed E-state index contributed by atoms with van der Waals surface area (Å²) >= 11 is 0. The standard InChI is InChI=1S/C18H36N2O2/c1-8-20(18(22)12-14(2)3)11-9-10-16(6)13-17(21)19(7)15(4)5/h14-16H,8-13H2,1-7H3. The van der Waals surface area contributed by atoms with Gasteiger partial charge in [0.2, 0.25) is 11.8 Å². The number of carbonyl (C=O) groups excluding carboxylic acids is 2. The average Bonchev–Trinajstić information content (AvgIpc) is 2.41. The summed E-state index contributed by atoms with van der Waals surface area (Å²) in [5, 5.41) is 0. The van der Waals surface area contributed by atoms with Gasteiger partial charge in [-0.3, -0.25) is 9.59 Å². The minimum atomic E-state index is 0.214. The third-order valence-electron chi connectivity index (χ3n) is 4.13. The Morgan fingerprint density at radius 1 is 0.955 bits per heavy atom. The zero-order valence-corrected chi connectivity index (χ0v) is 15.7. The molecule has 0 spiro atoms. The van der Waals surface area contributed by atoms with Crippen molar-refractivity contribution in [3.8, 4) is 0 Å². The molecule has 0 aromatic heterocycles. The highest BCUT2D eigenvalue weighted by atomic mass is 16.2. The molecule has 0 bridgehead atoms. The van der Waals surface area contributed by atoms with Crippen LogP contribution in [0.5, 0.6) is 0 Å². The van der Waals surface area contributed by atoms with Crippen LogP contribution in [-0.2, 0) is 9.59 Å². The Morgan fingerprint density at radius 2 is 1.55 bits per heavy atom. The molecule has 0 saturated carbocycles. The number of hydrogen-bond donors (Lipinski definition) is 0. The van der Waals surface area contributed by atoms with E-state index in [1.807, 2.05) is 32.7 Å². The smallest absolute Gasteiger partial charge is 0.222 e. The van der Waals surface area contributed by atoms with Crippen LogP contribution in [-0.4, -0.2) is 47.8 Å². The number of amides is 2. The fraction of sp³-hybridized carbons (Fsp3) is 0.889. The van der Waals surface area contributed by atoms with Gasteiger partial charge in [-0.05, 0) is 45.4 Å². The van der Waals surface area contributed by atoms with Crippen LogP contribution in [0.4, 0.5) is 0 Å². The van der Waals surface area contributed by atoms with E-state index < -0.39 is 0 Å². The van der Waals surface area contributed by atoms with Crippen LogP contribution in [0.15, 0.2) is 0 Å². The topological polar surface area (TPSA) is 40.6 Å². The quantitative estimate of drug-likeness (QED) is 0.619. The van der Waals surface area contributed by atoms with Gasteiger partial charge in [0.05, 0.1) is 0 Å². The minimum Gasteiger partial charge on any atom is -0.343 e. The normalized spacial score (nSPS) is 12.6. The van der Waals surface area contributed by atoms with E-state index in [0.29, 0.717) is 24.7 Å². The second-order valence-electron chi connectivity index (χ2n) is 7.12. The Kier molecular flexibility index (Phi) is 10.1. The molecule has 0 aliphatic heterocycles. The van der Waals surface area contributed by atoms with Gasteiger partial charge in [-0.2, -0.15) is 0 Å². The summed E-state index contributed by atoms with van der Waals surface area (Å²) in [6.07, 6.45) is 3.18. The lowest BCUT2D eigenvalue weighted by Crippen LogP contribution is -2.34. The molecule has 1 unspecified atom stereocenters. The first-order valence-electron chi connectivity index (χ1n) is 8.72. The van der Waals surface area contributed by atoms with Gasteiger partial charge in [0.15, 0.2) is 0 Å². The molecule has 2 amide bonds. The Hall–Kier alpha value is -1.06. The summed E-state index contributed by atoms with van der Waals surface area (Å²) in [5.41, 5.74) is 0. The molecule has 22 heavy (non-hydrogen) atoms. The number of nitrogens with zero attached hydrogens (tertiary/aromatic N) is 2. The fourth-order valence-corrected chi connectivity index (χ4v) is 2.40. The van der Waals surface area contributed by atoms with E-state index in [1.54, 1.807) is 4.90 Å². The van der Waals surface area contributed by atoms with E-state index in [0.717, 1.165) is 25.9 Å². The molecule has 0 saturated heterocycles. The van der Waals surface area contributed by atoms with Gasteiger partial charge in [0.1, 0.15) is 0 Å². The van der Waals surface area contributed by atoms with Crippen molar-refractivity contribution in [2.75, 3.05) is 20.1 Å². The first kappa shape index (κ1) is 20.9. The molecule has 130 valence electrons. The van der Waals surface area contributed by atoms with Crippen LogP contribution < -0.4 is 0 Å². The molecule has 0 N–H and O–H groups in total. The van der Waals surface area contributed by atoms with Crippen molar-refractivity contribution in [3.63, 3.8) is 0 Å². The predicted octanol–water partition coefficient (Wildman–Crippen LogP) is 3.55. The van der Waals surface area contributed by atoms with Crippen LogP contribution in [0.25, 0.3) is 0 Å². The van der Waals surface area contributed by atoms with E-state index >= 15 is 0 Å². The van der Waals surface area contributed by atoms with Gasteiger partial charge < -0.3 is 9.80 Å². The van der Waals surface area contributed by atoms with E-state index in [9.17, 15) is 9.59 Å². The zero-order valence-electron chi connectivity index (χ0n) is 15.7. The first-order chi connectivity index (χ1) is 10.2. The SMILES string of the molecule is CCN(CCCC(C)CC(=O)N(C)C(C)C)C(=O)CC(C)C. The second kappa shape index (κ2) is 10.6. The van der Waals surface area contributed by atoms with E-state index in [1.165, 1.54) is 0 Å². The molecule has 0 heterocycles. The van der Waals surface area contributed by atoms with Crippen molar-refractivity contribution in [2.24, 2.45) is 11.8 Å². The molecule has 4 heteroatoms. The number of hydrogen-bond acceptors (Lipinski definition) is 2. The van der Waals surface area contributed by atoms with Crippen molar-refractivity contribution in [3.05, 3.63) is 0 Å². The van der Waals surface area contributed by atoms with Crippen molar-refractivity contribution >= 4 is 11.8 Å². The van der Waals surface area contributed by atoms with E-state index in [4.69, 9.17) is 0 Å². The van der Waals surface area contributed by atoms with Gasteiger partial charge in [0, 0.05) is 39.0 Å². The molecule has 0 aliphatic rings. The van der Waals surface area contributed by atoms with Crippen molar-refractivity contribution in [1.29, 1.82) is 0 Å². The minimum absolute atomic E-state index is 0.214. The summed E-state index contributed by atoms with van der Waals surface area (Å²) in [6, 6.07) is 0.254. The number of carbonyl (C=O) groups is 2. The molecular weight excluding hydrogens is 276 g/mol. The summed E-state index contributed by atoms with van der Waals surface area (Å²) in [7, 11) is 1.86. The van der Waals surface area contributed by atoms with Gasteiger partial charge in [-0.25, -0.2) is 0 Å². The molecule has 0 aromatic rings. The van der Waals surface area contributed by atoms with Gasteiger partial charge >= 0.3 is 0 Å². The Bertz CT molecular complexity index is 340. The molecule has 0 fully saturated rings. The lowest BCUT2D eigenvalue weighted by atomic mass is 10.0. The Balaban J connectivity index is 4.11. The Labute approximate surface area is 137 Å². The molecular formula is C18H36N2O2. The highest BCUT2D eigenvalue weighted by Gasteiger charge is 2.17. The average molecular weight is 312 g/mol. The molecule has 4 nitrogen and oxygen atoms in total. The largest absolute Gasteiger partial charge is 0.343 e. The van der Waals surface area contributed by atoms with Gasteiger partial charge in [0.25, 0.3) is 0 Å². The highest BCUT2D eigenvalue weighted by Crippen LogP contribution is 2.14. The summed E-state index contributed by atoms with van der Waals surface area (Å²) < 4.78 is 0. The maximum Gasteiger partial charge on any atom is 0.222 e. The van der Waals surface area contributed by atoms with Crippen molar-refractivity contribution in [2.45, 2.75) is 73.3 Å². The zero-order chi connectivity index (χ0) is 17.3. The first-order valence-corrected chi connectivity index (χ1v) is 8.72. The predicted molar refractivity (Wildman–Crippen MR) is 92.6 cm³/mol. The Morgan fingerprint density at radius 3 is 2.00 bits per heavy atom. The third kappa shape index (κ3) is 8.40. The maximum atomic E-state index is 12.1. The van der Waals surface area contributed by atoms with Crippen LogP contribution in [0.1, 0.15) is 67.2 Å². The lowest BCUT2D eigenvalue weighted by Gasteiger charge is -2.24. The monoisotopic (exact) mass is 312 g/mol. The summed E-state index contributed by atoms with van der Waals surface area (Å²) in [5.74, 6) is 1.24. The fourth-order valence-electron chi connectivity index (χ4n) is 2.40. The molecule has 0 radical (unpaired) electrons. The maximum absolute atomic E-state index is 12.1. The van der Waals surface area contributed by atoms with E-state index in [2.05, 4.69) is 20.8 Å². The summed E-state index contributed by atoms with van der Waals surface area (Å²) in [4.78, 5) is 27.9. The molecule has 0 aromatic carbocycles. The van der Waals surface area contributed by atoms with Crippen LogP contribution in [0, 0.1) is 11.8 Å². The van der Waals surface area contributed by atoms with Crippen molar-refractivity contribution < 1.29 is 9.59 Å². The van der Waals surface area contributed by atoms with Crippen LogP contribution in [0.2, 0.25) is 0 Å². The van der Waals surface area contributed by atoms with Crippen LogP contribution >= 0.6 is 0 Å². The van der Waals surface area contributed by atoms with Gasteiger partial charge in [-0.1, -0.05) is 20.8 Å². The summed E-state index contributed by atoms with van der Waals surface area (Å²) in [6.45, 7) is 13.9. The highest BCUT2D eigenvalue weighted by molar-refractivity contribution is 5.76.